The number of carbonyl (C=O) groups is 1. The van der Waals surface area contributed by atoms with Crippen LogP contribution in [0, 0.1) is 0 Å². The quantitative estimate of drug-likeness (QED) is 0.581. The molecule has 0 aromatic heterocycles. The average molecular weight is 218 g/mol. The predicted octanol–water partition coefficient (Wildman–Crippen LogP) is 2.61. The first-order chi connectivity index (χ1) is 6.30. The molecule has 82 valence electrons. The van der Waals surface area contributed by atoms with Crippen molar-refractivity contribution in [2.75, 3.05) is 6.67 Å². The summed E-state index contributed by atoms with van der Waals surface area (Å²) in [5, 5.41) is 8.07. The summed E-state index contributed by atoms with van der Waals surface area (Å²) < 4.78 is 59.7. The minimum Gasteiger partial charge on any atom is -0.478 e. The Morgan fingerprint density at radius 3 is 2.07 bits per heavy atom. The van der Waals surface area contributed by atoms with Crippen LogP contribution in [0.15, 0.2) is 11.4 Å². The van der Waals surface area contributed by atoms with Gasteiger partial charge in [-0.2, -0.15) is 13.2 Å². The molecule has 0 saturated heterocycles. The second-order valence-electron chi connectivity index (χ2n) is 2.38. The molecule has 0 aromatic carbocycles. The molecule has 0 saturated carbocycles. The normalized spacial score (nSPS) is 13.8. The third-order valence-corrected chi connectivity index (χ3v) is 1.30. The van der Waals surface area contributed by atoms with Crippen LogP contribution in [0.3, 0.4) is 0 Å². The molecule has 7 heteroatoms. The van der Waals surface area contributed by atoms with Crippen molar-refractivity contribution in [3.63, 3.8) is 0 Å². The summed E-state index contributed by atoms with van der Waals surface area (Å²) in [7, 11) is 0. The van der Waals surface area contributed by atoms with E-state index in [2.05, 4.69) is 0 Å². The van der Waals surface area contributed by atoms with Crippen molar-refractivity contribution in [3.8, 4) is 0 Å². The maximum Gasteiger partial charge on any atom is 0.425 e. The molecule has 1 N–H and O–H groups in total. The zero-order valence-electron chi connectivity index (χ0n) is 6.87. The zero-order chi connectivity index (χ0) is 11.4. The Bertz CT molecular complexity index is 243. The molecule has 0 atom stereocenters. The van der Waals surface area contributed by atoms with Crippen LogP contribution < -0.4 is 0 Å². The summed E-state index contributed by atoms with van der Waals surface area (Å²) >= 11 is 0. The molecule has 2 nitrogen and oxygen atoms in total. The Hall–Kier alpha value is -1.14. The molecule has 0 aliphatic rings. The maximum absolute atomic E-state index is 12.6. The molecular formula is C7H7F5O2. The minimum atomic E-state index is -5.26. The molecule has 0 spiro atoms. The van der Waals surface area contributed by atoms with Gasteiger partial charge in [0.15, 0.2) is 5.57 Å². The monoisotopic (exact) mass is 218 g/mol. The van der Waals surface area contributed by atoms with E-state index >= 15 is 0 Å². The highest BCUT2D eigenvalue weighted by Gasteiger charge is 2.41. The number of carboxylic acid groups (broad SMARTS) is 1. The molecular weight excluding hydrogens is 211 g/mol. The number of hydrogen-bond donors (Lipinski definition) is 1. The van der Waals surface area contributed by atoms with E-state index < -0.39 is 43.1 Å². The van der Waals surface area contributed by atoms with E-state index in [1.807, 2.05) is 0 Å². The Kier molecular flexibility index (Phi) is 4.52. The average Bonchev–Trinajstić information content (AvgIpc) is 1.97. The van der Waals surface area contributed by atoms with Gasteiger partial charge in [-0.1, -0.05) is 0 Å². The van der Waals surface area contributed by atoms with E-state index in [4.69, 9.17) is 5.11 Å². The molecule has 0 radical (unpaired) electrons. The summed E-state index contributed by atoms with van der Waals surface area (Å²) in [6.07, 6.45) is -6.59. The highest BCUT2D eigenvalue weighted by molar-refractivity contribution is 5.88. The van der Waals surface area contributed by atoms with Crippen molar-refractivity contribution in [2.24, 2.45) is 0 Å². The number of carboxylic acids is 1. The minimum absolute atomic E-state index is 0.474. The SMILES string of the molecule is O=C(O)C(=C(F)CCCF)C(F)(F)F. The lowest BCUT2D eigenvalue weighted by molar-refractivity contribution is -0.145. The molecule has 0 aliphatic carbocycles. The van der Waals surface area contributed by atoms with E-state index in [0.717, 1.165) is 0 Å². The van der Waals surface area contributed by atoms with Crippen molar-refractivity contribution < 1.29 is 31.9 Å². The fraction of sp³-hybridized carbons (Fsp3) is 0.571. The second kappa shape index (κ2) is 4.92. The van der Waals surface area contributed by atoms with Gasteiger partial charge in [-0.25, -0.2) is 9.18 Å². The summed E-state index contributed by atoms with van der Waals surface area (Å²) in [5.74, 6) is -4.24. The number of rotatable bonds is 4. The van der Waals surface area contributed by atoms with Crippen molar-refractivity contribution >= 4 is 5.97 Å². The van der Waals surface area contributed by atoms with Gasteiger partial charge in [0.25, 0.3) is 0 Å². The molecule has 0 heterocycles. The van der Waals surface area contributed by atoms with Crippen LogP contribution in [-0.2, 0) is 4.79 Å². The van der Waals surface area contributed by atoms with Gasteiger partial charge in [0.05, 0.1) is 6.67 Å². The van der Waals surface area contributed by atoms with Crippen LogP contribution in [-0.4, -0.2) is 23.9 Å². The number of allylic oxidation sites excluding steroid dienone is 1. The summed E-state index contributed by atoms with van der Waals surface area (Å²) in [4.78, 5) is 10.0. The zero-order valence-corrected chi connectivity index (χ0v) is 6.87. The first kappa shape index (κ1) is 12.9. The Morgan fingerprint density at radius 1 is 1.29 bits per heavy atom. The van der Waals surface area contributed by atoms with Crippen LogP contribution >= 0.6 is 0 Å². The van der Waals surface area contributed by atoms with Crippen LogP contribution in [0.25, 0.3) is 0 Å². The summed E-state index contributed by atoms with van der Waals surface area (Å²) in [5.41, 5.74) is -2.26. The second-order valence-corrected chi connectivity index (χ2v) is 2.38. The Balaban J connectivity index is 4.87. The number of aliphatic carboxylic acids is 1. The number of alkyl halides is 4. The van der Waals surface area contributed by atoms with Gasteiger partial charge in [0.2, 0.25) is 0 Å². The number of hydrogen-bond acceptors (Lipinski definition) is 1. The van der Waals surface area contributed by atoms with Crippen molar-refractivity contribution in [2.45, 2.75) is 19.0 Å². The van der Waals surface area contributed by atoms with Crippen LogP contribution in [0.2, 0.25) is 0 Å². The largest absolute Gasteiger partial charge is 0.478 e. The highest BCUT2D eigenvalue weighted by Crippen LogP contribution is 2.30. The van der Waals surface area contributed by atoms with Crippen molar-refractivity contribution in [1.29, 1.82) is 0 Å². The summed E-state index contributed by atoms with van der Waals surface area (Å²) in [6, 6.07) is 0. The Morgan fingerprint density at radius 2 is 1.79 bits per heavy atom. The van der Waals surface area contributed by atoms with E-state index in [-0.39, 0.29) is 0 Å². The smallest absolute Gasteiger partial charge is 0.425 e. The van der Waals surface area contributed by atoms with Crippen LogP contribution in [0.4, 0.5) is 22.0 Å². The molecule has 0 amide bonds. The molecule has 0 unspecified atom stereocenters. The molecule has 0 aliphatic heterocycles. The van der Waals surface area contributed by atoms with Gasteiger partial charge < -0.3 is 5.11 Å². The maximum atomic E-state index is 12.6. The molecule has 0 bridgehead atoms. The van der Waals surface area contributed by atoms with Crippen molar-refractivity contribution in [1.82, 2.24) is 0 Å². The molecule has 0 fully saturated rings. The van der Waals surface area contributed by atoms with Crippen LogP contribution in [0.1, 0.15) is 12.8 Å². The van der Waals surface area contributed by atoms with Gasteiger partial charge >= 0.3 is 12.1 Å². The lowest BCUT2D eigenvalue weighted by Crippen LogP contribution is -2.21. The molecule has 0 rings (SSSR count). The predicted molar refractivity (Wildman–Crippen MR) is 37.0 cm³/mol. The van der Waals surface area contributed by atoms with Gasteiger partial charge in [-0.15, -0.1) is 0 Å². The van der Waals surface area contributed by atoms with E-state index in [1.54, 1.807) is 0 Å². The summed E-state index contributed by atoms with van der Waals surface area (Å²) in [6.45, 7) is -1.00. The molecule has 14 heavy (non-hydrogen) atoms. The van der Waals surface area contributed by atoms with Crippen LogP contribution in [0.5, 0.6) is 0 Å². The lowest BCUT2D eigenvalue weighted by atomic mass is 10.1. The molecule has 0 aromatic rings. The highest BCUT2D eigenvalue weighted by atomic mass is 19.4. The van der Waals surface area contributed by atoms with Gasteiger partial charge in [0, 0.05) is 6.42 Å². The fourth-order valence-electron chi connectivity index (χ4n) is 0.738. The first-order valence-corrected chi connectivity index (χ1v) is 3.55. The van der Waals surface area contributed by atoms with E-state index in [9.17, 15) is 26.7 Å². The standard InChI is InChI=1S/C7H7F5O2/c8-3-1-2-4(9)5(6(13)14)7(10,11)12/h1-3H2,(H,13,14). The third kappa shape index (κ3) is 3.71. The van der Waals surface area contributed by atoms with Crippen molar-refractivity contribution in [3.05, 3.63) is 11.4 Å². The van der Waals surface area contributed by atoms with E-state index in [0.29, 0.717) is 0 Å². The van der Waals surface area contributed by atoms with Gasteiger partial charge in [-0.3, -0.25) is 4.39 Å². The third-order valence-electron chi connectivity index (χ3n) is 1.30. The van der Waals surface area contributed by atoms with E-state index in [1.165, 1.54) is 0 Å². The fourth-order valence-corrected chi connectivity index (χ4v) is 0.738. The van der Waals surface area contributed by atoms with Gasteiger partial charge in [0.1, 0.15) is 5.83 Å². The van der Waals surface area contributed by atoms with Gasteiger partial charge in [-0.05, 0) is 6.42 Å². The topological polar surface area (TPSA) is 37.3 Å². The number of halogens is 5. The Labute approximate surface area is 76.0 Å². The first-order valence-electron chi connectivity index (χ1n) is 3.55. The lowest BCUT2D eigenvalue weighted by Gasteiger charge is -2.08.